The van der Waals surface area contributed by atoms with E-state index >= 15 is 0 Å². The lowest BCUT2D eigenvalue weighted by Crippen LogP contribution is -2.30. The van der Waals surface area contributed by atoms with E-state index in [4.69, 9.17) is 22.0 Å². The highest BCUT2D eigenvalue weighted by atomic mass is 35.5. The lowest BCUT2D eigenvalue weighted by atomic mass is 10.1. The van der Waals surface area contributed by atoms with E-state index in [1.54, 1.807) is 12.1 Å². The summed E-state index contributed by atoms with van der Waals surface area (Å²) in [6, 6.07) is 6.37. The predicted molar refractivity (Wildman–Crippen MR) is 89.3 cm³/mol. The second kappa shape index (κ2) is 11.4. The molecule has 23 heavy (non-hydrogen) atoms. The number of carboxylic acid groups (broad SMARTS) is 1. The summed E-state index contributed by atoms with van der Waals surface area (Å²) in [5, 5.41) is 11.2. The molecule has 0 fully saturated rings. The first-order chi connectivity index (χ1) is 10.5. The summed E-state index contributed by atoms with van der Waals surface area (Å²) in [5.41, 5.74) is 6.83. The molecule has 1 amide bonds. The van der Waals surface area contributed by atoms with Crippen molar-refractivity contribution in [2.75, 3.05) is 6.54 Å². The molecule has 6 nitrogen and oxygen atoms in total. The number of benzene rings is 1. The first-order valence-electron chi connectivity index (χ1n) is 6.98. The van der Waals surface area contributed by atoms with Gasteiger partial charge in [0.05, 0.1) is 0 Å². The molecule has 7 heteroatoms. The van der Waals surface area contributed by atoms with Gasteiger partial charge in [0.25, 0.3) is 0 Å². The predicted octanol–water partition coefficient (Wildman–Crippen LogP) is 1.90. The molecule has 0 unspecified atom stereocenters. The monoisotopic (exact) mass is 340 g/mol. The van der Waals surface area contributed by atoms with Crippen molar-refractivity contribution in [2.24, 2.45) is 5.73 Å². The first-order valence-corrected chi connectivity index (χ1v) is 6.98. The number of hydrogen-bond donors (Lipinski definition) is 3. The molecule has 0 heterocycles. The normalized spacial score (nSPS) is 10.8. The molecule has 0 aliphatic carbocycles. The van der Waals surface area contributed by atoms with Crippen molar-refractivity contribution in [3.8, 4) is 12.3 Å². The number of nitrogens with two attached hydrogens (primary N) is 1. The Morgan fingerprint density at radius 2 is 2.04 bits per heavy atom. The van der Waals surface area contributed by atoms with Crippen LogP contribution >= 0.6 is 12.4 Å². The molecule has 126 valence electrons. The summed E-state index contributed by atoms with van der Waals surface area (Å²) in [4.78, 5) is 22.0. The minimum absolute atomic E-state index is 0. The topological polar surface area (TPSA) is 102 Å². The van der Waals surface area contributed by atoms with E-state index in [9.17, 15) is 9.59 Å². The molecular weight excluding hydrogens is 320 g/mol. The number of alkyl carbamates (subject to hydrolysis) is 1. The molecular formula is C16H21ClN2O4. The van der Waals surface area contributed by atoms with Crippen molar-refractivity contribution in [1.82, 2.24) is 5.32 Å². The van der Waals surface area contributed by atoms with Gasteiger partial charge in [-0.1, -0.05) is 24.1 Å². The number of carboxylic acids is 1. The van der Waals surface area contributed by atoms with Gasteiger partial charge in [-0.25, -0.2) is 4.79 Å². The van der Waals surface area contributed by atoms with Gasteiger partial charge in [-0.3, -0.25) is 4.79 Å². The second-order valence-corrected chi connectivity index (χ2v) is 4.74. The van der Waals surface area contributed by atoms with Gasteiger partial charge >= 0.3 is 12.1 Å². The van der Waals surface area contributed by atoms with Gasteiger partial charge in [0, 0.05) is 17.7 Å². The number of amides is 1. The van der Waals surface area contributed by atoms with Gasteiger partial charge in [0.2, 0.25) is 0 Å². The van der Waals surface area contributed by atoms with Crippen LogP contribution in [0.5, 0.6) is 0 Å². The van der Waals surface area contributed by atoms with Crippen LogP contribution in [0, 0.1) is 12.3 Å². The molecule has 0 saturated heterocycles. The molecule has 0 aromatic heterocycles. The summed E-state index contributed by atoms with van der Waals surface area (Å²) in [6.45, 7) is 0.512. The van der Waals surface area contributed by atoms with Crippen LogP contribution in [0.1, 0.15) is 30.4 Å². The van der Waals surface area contributed by atoms with E-state index in [-0.39, 0.29) is 19.0 Å². The zero-order chi connectivity index (χ0) is 16.4. The molecule has 0 radical (unpaired) electrons. The van der Waals surface area contributed by atoms with E-state index in [2.05, 4.69) is 11.2 Å². The van der Waals surface area contributed by atoms with E-state index in [0.29, 0.717) is 31.4 Å². The summed E-state index contributed by atoms with van der Waals surface area (Å²) < 4.78 is 5.07. The molecule has 1 aromatic carbocycles. The Balaban J connectivity index is 0.00000484. The molecule has 1 rings (SSSR count). The van der Waals surface area contributed by atoms with Crippen LogP contribution in [0.25, 0.3) is 0 Å². The lowest BCUT2D eigenvalue weighted by molar-refractivity contribution is -0.138. The number of aliphatic carboxylic acids is 1. The van der Waals surface area contributed by atoms with Gasteiger partial charge in [0.15, 0.2) is 0 Å². The highest BCUT2D eigenvalue weighted by molar-refractivity contribution is 5.85. The molecule has 0 aliphatic heterocycles. The van der Waals surface area contributed by atoms with Gasteiger partial charge < -0.3 is 20.9 Å². The summed E-state index contributed by atoms with van der Waals surface area (Å²) >= 11 is 0. The van der Waals surface area contributed by atoms with Gasteiger partial charge in [0.1, 0.15) is 12.6 Å². The zero-order valence-corrected chi connectivity index (χ0v) is 13.5. The first kappa shape index (κ1) is 20.8. The van der Waals surface area contributed by atoms with E-state index in [0.717, 1.165) is 5.56 Å². The highest BCUT2D eigenvalue weighted by Gasteiger charge is 2.10. The number of nitrogens with one attached hydrogen (secondary N) is 1. The second-order valence-electron chi connectivity index (χ2n) is 4.74. The number of halogens is 1. The highest BCUT2D eigenvalue weighted by Crippen LogP contribution is 2.08. The number of terminal acetylenes is 1. The van der Waals surface area contributed by atoms with Crippen LogP contribution in [-0.4, -0.2) is 29.8 Å². The van der Waals surface area contributed by atoms with Crippen LogP contribution in [0.2, 0.25) is 0 Å². The molecule has 0 saturated carbocycles. The van der Waals surface area contributed by atoms with Crippen molar-refractivity contribution < 1.29 is 19.4 Å². The number of unbranched alkanes of at least 4 members (excludes halogenated alkanes) is 1. The molecule has 0 aliphatic rings. The van der Waals surface area contributed by atoms with Crippen molar-refractivity contribution in [3.05, 3.63) is 35.4 Å². The fourth-order valence-corrected chi connectivity index (χ4v) is 1.78. The van der Waals surface area contributed by atoms with Crippen LogP contribution in [0.4, 0.5) is 4.79 Å². The van der Waals surface area contributed by atoms with E-state index < -0.39 is 18.1 Å². The van der Waals surface area contributed by atoms with Crippen LogP contribution in [0.15, 0.2) is 24.3 Å². The van der Waals surface area contributed by atoms with E-state index in [1.807, 2.05) is 12.1 Å². The molecule has 0 bridgehead atoms. The minimum Gasteiger partial charge on any atom is -0.480 e. The summed E-state index contributed by atoms with van der Waals surface area (Å²) in [6.07, 6.45) is 6.46. The van der Waals surface area contributed by atoms with E-state index in [1.165, 1.54) is 0 Å². The number of hydrogen-bond acceptors (Lipinski definition) is 4. The van der Waals surface area contributed by atoms with Crippen molar-refractivity contribution in [2.45, 2.75) is 31.9 Å². The third-order valence-electron chi connectivity index (χ3n) is 3.06. The van der Waals surface area contributed by atoms with Crippen molar-refractivity contribution in [1.29, 1.82) is 0 Å². The average Bonchev–Trinajstić information content (AvgIpc) is 2.52. The maximum absolute atomic E-state index is 11.5. The zero-order valence-electron chi connectivity index (χ0n) is 12.7. The van der Waals surface area contributed by atoms with Crippen LogP contribution in [-0.2, 0) is 16.1 Å². The molecule has 1 aromatic rings. The Kier molecular flexibility index (Phi) is 10.3. The largest absolute Gasteiger partial charge is 0.480 e. The summed E-state index contributed by atoms with van der Waals surface area (Å²) in [5.74, 6) is 1.51. The molecule has 0 spiro atoms. The summed E-state index contributed by atoms with van der Waals surface area (Å²) in [7, 11) is 0. The third kappa shape index (κ3) is 8.10. The number of ether oxygens (including phenoxy) is 1. The van der Waals surface area contributed by atoms with Gasteiger partial charge in [-0.05, 0) is 25.3 Å². The maximum atomic E-state index is 11.5. The Labute approximate surface area is 141 Å². The lowest BCUT2D eigenvalue weighted by Gasteiger charge is -2.09. The smallest absolute Gasteiger partial charge is 0.407 e. The quantitative estimate of drug-likeness (QED) is 0.495. The van der Waals surface area contributed by atoms with Gasteiger partial charge in [-0.2, -0.15) is 0 Å². The molecule has 4 N–H and O–H groups in total. The van der Waals surface area contributed by atoms with Crippen molar-refractivity contribution >= 4 is 24.5 Å². The minimum atomic E-state index is -1.01. The van der Waals surface area contributed by atoms with Crippen molar-refractivity contribution in [3.63, 3.8) is 0 Å². The Bertz CT molecular complexity index is 557. The fourth-order valence-electron chi connectivity index (χ4n) is 1.78. The Morgan fingerprint density at radius 3 is 2.70 bits per heavy atom. The average molecular weight is 341 g/mol. The molecule has 1 atom stereocenters. The maximum Gasteiger partial charge on any atom is 0.407 e. The Morgan fingerprint density at radius 1 is 1.35 bits per heavy atom. The van der Waals surface area contributed by atoms with Crippen LogP contribution in [0.3, 0.4) is 0 Å². The number of carbonyl (C=O) groups is 2. The standard InChI is InChI=1S/C16H20N2O4.ClH/c1-2-12-7-3-4-8-13(12)11-22-16(21)18-10-6-5-9-14(17)15(19)20;/h1,3-4,7-8,14H,5-6,9-11,17H2,(H,18,21)(H,19,20);1H/t14-;/m0./s1. The van der Waals surface area contributed by atoms with Gasteiger partial charge in [-0.15, -0.1) is 18.8 Å². The fraction of sp³-hybridized carbons (Fsp3) is 0.375. The number of carbonyl (C=O) groups excluding carboxylic acids is 1. The third-order valence-corrected chi connectivity index (χ3v) is 3.06. The number of rotatable bonds is 8. The van der Waals surface area contributed by atoms with Crippen LogP contribution < -0.4 is 11.1 Å². The SMILES string of the molecule is C#Cc1ccccc1COC(=O)NCCCC[C@H](N)C(=O)O.Cl. The Hall–Kier alpha value is -2.23.